The number of cyclic esters (lactones) is 1. The van der Waals surface area contributed by atoms with Gasteiger partial charge in [0.15, 0.2) is 8.32 Å². The molecule has 0 spiro atoms. The van der Waals surface area contributed by atoms with Crippen LogP contribution >= 0.6 is 0 Å². The van der Waals surface area contributed by atoms with Gasteiger partial charge in [0, 0.05) is 11.0 Å². The maximum atomic E-state index is 14.1. The zero-order valence-corrected chi connectivity index (χ0v) is 26.2. The summed E-state index contributed by atoms with van der Waals surface area (Å²) < 4.78 is 12.0. The topological polar surface area (TPSA) is 89.0 Å². The van der Waals surface area contributed by atoms with Crippen LogP contribution in [0.2, 0.25) is 18.1 Å². The highest BCUT2D eigenvalue weighted by Gasteiger charge is 2.43. The fourth-order valence-electron chi connectivity index (χ4n) is 4.76. The largest absolute Gasteiger partial charge is 0.447 e. The number of hydrogen-bond acceptors (Lipinski definition) is 6. The van der Waals surface area contributed by atoms with E-state index in [-0.39, 0.29) is 17.6 Å². The van der Waals surface area contributed by atoms with E-state index >= 15 is 0 Å². The van der Waals surface area contributed by atoms with Crippen LogP contribution in [-0.2, 0) is 26.8 Å². The van der Waals surface area contributed by atoms with Crippen molar-refractivity contribution in [3.8, 4) is 0 Å². The highest BCUT2D eigenvalue weighted by Crippen LogP contribution is 2.38. The monoisotopic (exact) mass is 574 g/mol. The lowest BCUT2D eigenvalue weighted by Crippen LogP contribution is -2.47. The molecule has 2 aromatic carbocycles. The summed E-state index contributed by atoms with van der Waals surface area (Å²) in [5.74, 6) is -0.380. The van der Waals surface area contributed by atoms with Gasteiger partial charge in [-0.05, 0) is 68.1 Å². The van der Waals surface area contributed by atoms with Crippen molar-refractivity contribution in [3.05, 3.63) is 89.1 Å². The predicted molar refractivity (Wildman–Crippen MR) is 164 cm³/mol. The number of ether oxygens (including phenoxy) is 1. The molecule has 41 heavy (non-hydrogen) atoms. The number of fused-ring (bicyclic) bond motifs is 1. The minimum absolute atomic E-state index is 0.0522. The predicted octanol–water partition coefficient (Wildman–Crippen LogP) is 6.76. The molecule has 3 atom stereocenters. The number of aliphatic hydroxyl groups excluding tert-OH is 1. The number of hydrogen-bond donors (Lipinski definition) is 1. The number of benzene rings is 2. The zero-order chi connectivity index (χ0) is 29.9. The lowest BCUT2D eigenvalue weighted by Gasteiger charge is -2.39. The molecule has 0 radical (unpaired) electrons. The first-order valence-corrected chi connectivity index (χ1v) is 17.2. The number of imide groups is 1. The molecular weight excluding hydrogens is 532 g/mol. The van der Waals surface area contributed by atoms with E-state index in [0.29, 0.717) is 24.1 Å². The number of nitrogens with zero attached hydrogens (tertiary/aromatic N) is 2. The van der Waals surface area contributed by atoms with E-state index in [1.807, 2.05) is 73.7 Å². The van der Waals surface area contributed by atoms with Crippen LogP contribution in [0.1, 0.15) is 57.5 Å². The second kappa shape index (κ2) is 12.3. The van der Waals surface area contributed by atoms with Crippen molar-refractivity contribution in [3.63, 3.8) is 0 Å². The van der Waals surface area contributed by atoms with Crippen LogP contribution in [0.5, 0.6) is 0 Å². The van der Waals surface area contributed by atoms with Crippen molar-refractivity contribution in [1.29, 1.82) is 0 Å². The molecule has 0 unspecified atom stereocenters. The van der Waals surface area contributed by atoms with Crippen LogP contribution in [0.15, 0.2) is 72.3 Å². The summed E-state index contributed by atoms with van der Waals surface area (Å²) in [4.78, 5) is 32.9. The van der Waals surface area contributed by atoms with Gasteiger partial charge in [0.2, 0.25) is 0 Å². The summed E-state index contributed by atoms with van der Waals surface area (Å²) in [5, 5.41) is 10.9. The molecule has 0 aliphatic carbocycles. The standard InChI is InChI=1S/C33H42N2O5Si/c1-22(36)29-18-16-26-15-13-25(20-30(26)34-29)14-17-28(23(2)40-41(6,7)33(3,4)5)31(37)35-27(21-39-32(35)38)19-24-11-9-8-10-12-24/h8-13,15-18,20,22-23,27,36H,14,19,21H2,1-7H3/b28-17+/t22-,23+,27-/m1/s1. The summed E-state index contributed by atoms with van der Waals surface area (Å²) in [6, 6.07) is 19.1. The molecule has 0 bridgehead atoms. The Bertz CT molecular complexity index is 1430. The normalized spacial score (nSPS) is 18.0. The molecular formula is C33H42N2O5Si. The Labute approximate surface area is 244 Å². The van der Waals surface area contributed by atoms with Crippen molar-refractivity contribution < 1.29 is 23.9 Å². The molecule has 1 saturated heterocycles. The minimum Gasteiger partial charge on any atom is -0.447 e. The number of carbonyl (C=O) groups is 2. The second-order valence-electron chi connectivity index (χ2n) is 12.4. The van der Waals surface area contributed by atoms with Crippen LogP contribution in [-0.4, -0.2) is 54.1 Å². The number of amides is 2. The number of rotatable bonds is 9. The first-order valence-electron chi connectivity index (χ1n) is 14.3. The Morgan fingerprint density at radius 2 is 1.80 bits per heavy atom. The summed E-state index contributed by atoms with van der Waals surface area (Å²) in [6.45, 7) is 14.5. The van der Waals surface area contributed by atoms with E-state index < -0.39 is 32.7 Å². The molecule has 4 rings (SSSR count). The van der Waals surface area contributed by atoms with Gasteiger partial charge in [-0.15, -0.1) is 0 Å². The average Bonchev–Trinajstić information content (AvgIpc) is 3.27. The molecule has 7 nitrogen and oxygen atoms in total. The fourth-order valence-corrected chi connectivity index (χ4v) is 6.12. The van der Waals surface area contributed by atoms with Crippen molar-refractivity contribution in [2.45, 2.75) is 83.8 Å². The Morgan fingerprint density at radius 3 is 2.46 bits per heavy atom. The zero-order valence-electron chi connectivity index (χ0n) is 25.2. The molecule has 1 aromatic heterocycles. The smallest absolute Gasteiger partial charge is 0.417 e. The molecule has 218 valence electrons. The third-order valence-corrected chi connectivity index (χ3v) is 12.8. The van der Waals surface area contributed by atoms with Gasteiger partial charge >= 0.3 is 6.09 Å². The summed E-state index contributed by atoms with van der Waals surface area (Å²) >= 11 is 0. The molecule has 3 aromatic rings. The van der Waals surface area contributed by atoms with Gasteiger partial charge in [-0.3, -0.25) is 9.78 Å². The van der Waals surface area contributed by atoms with Gasteiger partial charge in [-0.25, -0.2) is 9.69 Å². The van der Waals surface area contributed by atoms with Crippen molar-refractivity contribution in [2.24, 2.45) is 0 Å². The Hall–Kier alpha value is -3.33. The van der Waals surface area contributed by atoms with Gasteiger partial charge in [0.1, 0.15) is 6.61 Å². The van der Waals surface area contributed by atoms with Gasteiger partial charge in [-0.2, -0.15) is 0 Å². The highest BCUT2D eigenvalue weighted by atomic mass is 28.4. The summed E-state index contributed by atoms with van der Waals surface area (Å²) in [7, 11) is -2.23. The second-order valence-corrected chi connectivity index (χ2v) is 17.2. The summed E-state index contributed by atoms with van der Waals surface area (Å²) in [5.41, 5.74) is 3.82. The quantitative estimate of drug-likeness (QED) is 0.224. The minimum atomic E-state index is -2.23. The molecule has 1 aliphatic rings. The van der Waals surface area contributed by atoms with E-state index in [4.69, 9.17) is 9.16 Å². The molecule has 0 saturated carbocycles. The van der Waals surface area contributed by atoms with Crippen molar-refractivity contribution in [2.75, 3.05) is 6.61 Å². The average molecular weight is 575 g/mol. The van der Waals surface area contributed by atoms with Crippen LogP contribution in [0.3, 0.4) is 0 Å². The van der Waals surface area contributed by atoms with Crippen LogP contribution in [0, 0.1) is 0 Å². The van der Waals surface area contributed by atoms with Gasteiger partial charge in [-0.1, -0.05) is 75.4 Å². The van der Waals surface area contributed by atoms with E-state index in [0.717, 1.165) is 22.0 Å². The number of pyridine rings is 1. The Morgan fingerprint density at radius 1 is 1.12 bits per heavy atom. The molecule has 1 aliphatic heterocycles. The first kappa shape index (κ1) is 30.6. The molecule has 2 heterocycles. The summed E-state index contributed by atoms with van der Waals surface area (Å²) in [6.07, 6.45) is 1.05. The molecule has 2 amide bonds. The van der Waals surface area contributed by atoms with Crippen LogP contribution < -0.4 is 0 Å². The third kappa shape index (κ3) is 7.12. The van der Waals surface area contributed by atoms with E-state index in [9.17, 15) is 14.7 Å². The highest BCUT2D eigenvalue weighted by molar-refractivity contribution is 6.74. The van der Waals surface area contributed by atoms with Gasteiger partial charge in [0.05, 0.1) is 29.5 Å². The van der Waals surface area contributed by atoms with E-state index in [2.05, 4.69) is 38.8 Å². The maximum Gasteiger partial charge on any atom is 0.417 e. The number of allylic oxidation sites excluding steroid dienone is 1. The van der Waals surface area contributed by atoms with Gasteiger partial charge < -0.3 is 14.3 Å². The lowest BCUT2D eigenvalue weighted by molar-refractivity contribution is -0.126. The Kier molecular flexibility index (Phi) is 9.16. The number of aromatic nitrogens is 1. The fraction of sp³-hybridized carbons (Fsp3) is 0.424. The maximum absolute atomic E-state index is 14.1. The van der Waals surface area contributed by atoms with Crippen LogP contribution in [0.4, 0.5) is 4.79 Å². The number of carbonyl (C=O) groups excluding carboxylic acids is 2. The third-order valence-electron chi connectivity index (χ3n) is 8.22. The lowest BCUT2D eigenvalue weighted by atomic mass is 10.0. The van der Waals surface area contributed by atoms with Gasteiger partial charge in [0.25, 0.3) is 5.91 Å². The SMILES string of the molecule is C[C@H](O[Si](C)(C)C(C)(C)C)/C(=C\Cc1ccc2ccc([C@@H](C)O)nc2c1)C(=O)N1C(=O)OC[C@H]1Cc1ccccc1. The van der Waals surface area contributed by atoms with E-state index in [1.165, 1.54) is 4.90 Å². The van der Waals surface area contributed by atoms with E-state index in [1.54, 1.807) is 6.92 Å². The molecule has 1 N–H and O–H groups in total. The van der Waals surface area contributed by atoms with Crippen molar-refractivity contribution >= 4 is 31.2 Å². The van der Waals surface area contributed by atoms with Crippen LogP contribution in [0.25, 0.3) is 10.9 Å². The van der Waals surface area contributed by atoms with Crippen molar-refractivity contribution in [1.82, 2.24) is 9.88 Å². The molecule has 8 heteroatoms. The first-order chi connectivity index (χ1) is 19.3. The Balaban J connectivity index is 1.67. The molecule has 1 fully saturated rings. The number of aliphatic hydroxyl groups is 1.